The molecule has 5 fully saturated rings. The number of H-pyrrole nitrogens is 1. The van der Waals surface area contributed by atoms with Gasteiger partial charge in [-0.1, -0.05) is 69.9 Å². The Balaban J connectivity index is 1.06. The third kappa shape index (κ3) is 7.87. The first kappa shape index (κ1) is 52.9. The highest BCUT2D eigenvalue weighted by atomic mass is 28.4. The summed E-state index contributed by atoms with van der Waals surface area (Å²) in [5.41, 5.74) is -1.39. The number of hydroxylamine groups is 2. The van der Waals surface area contributed by atoms with E-state index in [4.69, 9.17) is 23.5 Å². The predicted octanol–water partition coefficient (Wildman–Crippen LogP) is 6.35. The zero-order chi connectivity index (χ0) is 53.6. The number of aliphatic hydroxyl groups is 2. The van der Waals surface area contributed by atoms with Crippen LogP contribution in [-0.4, -0.2) is 159 Å². The van der Waals surface area contributed by atoms with Crippen LogP contribution in [0.5, 0.6) is 5.75 Å². The maximum atomic E-state index is 15.6. The molecule has 10 atom stereocenters. The van der Waals surface area contributed by atoms with Crippen molar-refractivity contribution in [3.63, 3.8) is 0 Å². The zero-order valence-corrected chi connectivity index (χ0v) is 46.3. The number of ether oxygens (including phenoxy) is 3. The van der Waals surface area contributed by atoms with E-state index in [-0.39, 0.29) is 31.2 Å². The standard InChI is InChI=1S/C58H77N5O12Si/c1-7-54(69)33-37-34-57(52(67)72-5,48-39(22-26-61(35-37)36-54)38-17-10-11-18-42(38)59-48)41-31-40-43(32-44(41)71-4)60(3)50-56(40)24-27-62-25-16-23-55(8-2,49(56)62)51(58(50,70)53(68)73-6)75-76(28-13-9-14-29-76)30-15-12-19-47(66)74-63-45(64)20-21-46(63)65/h10-11,16-18,23,31-32,37,49-51,59,69-70H,7-9,12-15,19-22,24-30,33-36H2,1-6H3/t37?,49-,50+,51+,54-,55+,56+,57-,58-/m0/s1. The second-order valence-corrected chi connectivity index (χ2v) is 27.8. The van der Waals surface area contributed by atoms with E-state index in [1.807, 2.05) is 32.2 Å². The van der Waals surface area contributed by atoms with E-state index in [1.54, 1.807) is 7.11 Å². The molecule has 2 amide bonds. The summed E-state index contributed by atoms with van der Waals surface area (Å²) in [4.78, 5) is 84.3. The molecule has 1 aromatic heterocycles. The van der Waals surface area contributed by atoms with Crippen molar-refractivity contribution < 1.29 is 57.7 Å². The van der Waals surface area contributed by atoms with Crippen LogP contribution in [0.25, 0.3) is 10.9 Å². The number of nitrogens with zero attached hydrogens (tertiary/aromatic N) is 4. The molecular formula is C58H77N5O12Si. The minimum Gasteiger partial charge on any atom is -0.496 e. The molecule has 2 unspecified atom stereocenters. The average Bonchev–Trinajstić information content (AvgIpc) is 4.35. The molecule has 17 nitrogen and oxygen atoms in total. The van der Waals surface area contributed by atoms with Gasteiger partial charge in [-0.05, 0) is 98.8 Å². The van der Waals surface area contributed by atoms with Gasteiger partial charge in [0.2, 0.25) is 5.60 Å². The molecule has 1 saturated carbocycles. The number of carbonyl (C=O) groups is 5. The lowest BCUT2D eigenvalue weighted by molar-refractivity contribution is -0.214. The van der Waals surface area contributed by atoms with Crippen LogP contribution < -0.4 is 9.64 Å². The Morgan fingerprint density at radius 3 is 2.33 bits per heavy atom. The summed E-state index contributed by atoms with van der Waals surface area (Å²) < 4.78 is 26.3. The largest absolute Gasteiger partial charge is 0.496 e. The van der Waals surface area contributed by atoms with Gasteiger partial charge in [-0.3, -0.25) is 24.2 Å². The molecule has 3 N–H and O–H groups in total. The Morgan fingerprint density at radius 1 is 0.868 bits per heavy atom. The highest BCUT2D eigenvalue weighted by molar-refractivity contribution is 6.74. The number of likely N-dealkylation sites (N-methyl/N-ethyl adjacent to an activating group) is 1. The van der Waals surface area contributed by atoms with Gasteiger partial charge in [0.25, 0.3) is 11.8 Å². The van der Waals surface area contributed by atoms with E-state index in [0.717, 1.165) is 64.8 Å². The number of piperidine rings is 1. The average molecular weight is 1060 g/mol. The molecule has 76 heavy (non-hydrogen) atoms. The minimum atomic E-state index is -2.82. The van der Waals surface area contributed by atoms with Gasteiger partial charge in [0.15, 0.2) is 8.32 Å². The normalized spacial score (nSPS) is 34.4. The molecule has 1 aliphatic carbocycles. The number of fused-ring (bicyclic) bond motifs is 6. The number of unbranched alkanes of at least 4 members (excludes halogenated alkanes) is 1. The number of imide groups is 1. The molecule has 8 aliphatic rings. The summed E-state index contributed by atoms with van der Waals surface area (Å²) >= 11 is 0. The topological polar surface area (TPSA) is 201 Å². The van der Waals surface area contributed by atoms with Crippen LogP contribution in [0.15, 0.2) is 48.6 Å². The fraction of sp³-hybridized carbons (Fsp3) is 0.638. The van der Waals surface area contributed by atoms with Gasteiger partial charge in [0.05, 0.1) is 39.1 Å². The van der Waals surface area contributed by atoms with E-state index in [2.05, 4.69) is 57.0 Å². The predicted molar refractivity (Wildman–Crippen MR) is 285 cm³/mol. The van der Waals surface area contributed by atoms with Crippen LogP contribution in [0.3, 0.4) is 0 Å². The molecule has 0 radical (unpaired) electrons. The highest BCUT2D eigenvalue weighted by Gasteiger charge is 2.80. The second kappa shape index (κ2) is 19.7. The molecular weight excluding hydrogens is 987 g/mol. The van der Waals surface area contributed by atoms with Gasteiger partial charge >= 0.3 is 17.9 Å². The molecule has 11 rings (SSSR count). The van der Waals surface area contributed by atoms with E-state index in [9.17, 15) is 24.6 Å². The minimum absolute atomic E-state index is 0.0216. The number of esters is 2. The van der Waals surface area contributed by atoms with Crippen molar-refractivity contribution in [2.45, 2.75) is 162 Å². The Kier molecular flexibility index (Phi) is 13.7. The monoisotopic (exact) mass is 1060 g/mol. The molecule has 1 spiro atoms. The number of anilines is 1. The molecule has 4 saturated heterocycles. The molecule has 7 aliphatic heterocycles. The fourth-order valence-corrected chi connectivity index (χ4v) is 21.4. The first-order valence-corrected chi connectivity index (χ1v) is 30.6. The first-order chi connectivity index (χ1) is 36.5. The molecule has 3 aromatic rings. The van der Waals surface area contributed by atoms with E-state index in [1.165, 1.54) is 14.2 Å². The molecule has 2 aromatic carbocycles. The van der Waals surface area contributed by atoms with Gasteiger partial charge in [-0.15, -0.1) is 5.06 Å². The molecule has 410 valence electrons. The lowest BCUT2D eigenvalue weighted by Crippen LogP contribution is -2.82. The van der Waals surface area contributed by atoms with Crippen molar-refractivity contribution in [3.8, 4) is 5.75 Å². The SMILES string of the molecule is CC[C@]1(O)CC2CN(CCc3c([nH]c4ccccc34)[C@@](C(=O)OC)(c3cc4c(cc3OC)N(C)[C@H]3[C@@](O)(C(=O)OC)[C@H](O[Si]5(CCCCC(=O)ON6C(=O)CCC6=O)CCCCC5)[C@]5(CC)C=CCN6CC[C@]43[C@@H]65)C2)C1. The van der Waals surface area contributed by atoms with Crippen LogP contribution in [0.4, 0.5) is 5.69 Å². The van der Waals surface area contributed by atoms with Gasteiger partial charge in [0, 0.05) is 103 Å². The Bertz CT molecular complexity index is 2830. The number of nitrogens with one attached hydrogen (secondary N) is 1. The third-order valence-corrected chi connectivity index (χ3v) is 24.4. The van der Waals surface area contributed by atoms with Gasteiger partial charge < -0.3 is 43.6 Å². The maximum absolute atomic E-state index is 15.6. The number of carbonyl (C=O) groups excluding carboxylic acids is 5. The summed E-state index contributed by atoms with van der Waals surface area (Å²) in [6, 6.07) is 13.6. The summed E-state index contributed by atoms with van der Waals surface area (Å²) in [6.07, 6.45) is 10.6. The van der Waals surface area contributed by atoms with Crippen molar-refractivity contribution in [2.75, 3.05) is 66.0 Å². The Morgan fingerprint density at radius 2 is 1.62 bits per heavy atom. The van der Waals surface area contributed by atoms with Crippen molar-refractivity contribution in [1.82, 2.24) is 19.8 Å². The number of benzene rings is 2. The van der Waals surface area contributed by atoms with E-state index in [0.29, 0.717) is 107 Å². The zero-order valence-electron chi connectivity index (χ0n) is 45.3. The summed E-state index contributed by atoms with van der Waals surface area (Å²) in [5, 5.41) is 28.1. The highest BCUT2D eigenvalue weighted by Crippen LogP contribution is 2.69. The second-order valence-electron chi connectivity index (χ2n) is 23.7. The number of aromatic amines is 1. The lowest BCUT2D eigenvalue weighted by Gasteiger charge is -2.65. The van der Waals surface area contributed by atoms with E-state index < -0.39 is 77.6 Å². The Labute approximate surface area is 446 Å². The van der Waals surface area contributed by atoms with Crippen LogP contribution in [0.1, 0.15) is 120 Å². The van der Waals surface area contributed by atoms with Crippen molar-refractivity contribution in [1.29, 1.82) is 0 Å². The summed E-state index contributed by atoms with van der Waals surface area (Å²) in [5.74, 6) is -2.51. The van der Waals surface area contributed by atoms with Gasteiger partial charge in [-0.2, -0.15) is 0 Å². The van der Waals surface area contributed by atoms with Crippen molar-refractivity contribution in [3.05, 3.63) is 70.9 Å². The molecule has 18 heteroatoms. The van der Waals surface area contributed by atoms with Crippen LogP contribution in [0, 0.1) is 11.3 Å². The fourth-order valence-electron chi connectivity index (χ4n) is 16.7. The summed E-state index contributed by atoms with van der Waals surface area (Å²) in [6.45, 7) is 7.46. The molecule has 8 heterocycles. The number of amides is 2. The Hall–Kier alpha value is -5.11. The number of rotatable bonds is 14. The first-order valence-electron chi connectivity index (χ1n) is 28.1. The van der Waals surface area contributed by atoms with Crippen molar-refractivity contribution in [2.24, 2.45) is 11.3 Å². The number of hydrogen-bond donors (Lipinski definition) is 3. The van der Waals surface area contributed by atoms with Crippen LogP contribution in [0.2, 0.25) is 18.1 Å². The van der Waals surface area contributed by atoms with Crippen molar-refractivity contribution >= 4 is 54.6 Å². The van der Waals surface area contributed by atoms with Crippen LogP contribution in [-0.2, 0) is 60.0 Å². The van der Waals surface area contributed by atoms with Gasteiger partial charge in [0.1, 0.15) is 11.2 Å². The molecule has 2 bridgehead atoms. The smallest absolute Gasteiger partial charge is 0.342 e. The number of methoxy groups -OCH3 is 3. The number of aromatic nitrogens is 1. The van der Waals surface area contributed by atoms with Gasteiger partial charge in [-0.25, -0.2) is 9.59 Å². The number of hydrogen-bond acceptors (Lipinski definition) is 15. The lowest BCUT2D eigenvalue weighted by atomic mass is 9.47. The maximum Gasteiger partial charge on any atom is 0.342 e. The number of para-hydroxylation sites is 1. The summed E-state index contributed by atoms with van der Waals surface area (Å²) in [7, 11) is 3.55. The van der Waals surface area contributed by atoms with Crippen LogP contribution >= 0.6 is 0 Å². The van der Waals surface area contributed by atoms with E-state index >= 15 is 9.59 Å². The third-order valence-electron chi connectivity index (χ3n) is 19.9. The quantitative estimate of drug-likeness (QED) is 0.0530.